The first kappa shape index (κ1) is 14.6. The molecule has 1 aliphatic heterocycles. The molecule has 2 unspecified atom stereocenters. The number of hydrogen-bond donors (Lipinski definition) is 2. The fourth-order valence-electron chi connectivity index (χ4n) is 3.04. The number of carbonyl (C=O) groups excluding carboxylic acids is 2. The largest absolute Gasteiger partial charge is 0.391 e. The van der Waals surface area contributed by atoms with Crippen molar-refractivity contribution in [2.45, 2.75) is 25.5 Å². The van der Waals surface area contributed by atoms with Crippen LogP contribution in [-0.2, 0) is 11.2 Å². The topological polar surface area (TPSA) is 76.6 Å². The minimum Gasteiger partial charge on any atom is -0.391 e. The standard InChI is InChI=1S/C16H19N3O3/c1-10(20)14-15(21)19(16(22)18(14)2)8-7-11-9-17-13-6-4-3-5-12(11)13/h3-6,9-10,14,17,20H,7-8H2,1-2H3. The van der Waals surface area contributed by atoms with Gasteiger partial charge in [-0.05, 0) is 25.0 Å². The lowest BCUT2D eigenvalue weighted by Crippen LogP contribution is -2.40. The fourth-order valence-corrected chi connectivity index (χ4v) is 3.04. The van der Waals surface area contributed by atoms with Gasteiger partial charge in [0.2, 0.25) is 0 Å². The summed E-state index contributed by atoms with van der Waals surface area (Å²) in [5, 5.41) is 10.8. The summed E-state index contributed by atoms with van der Waals surface area (Å²) in [5.74, 6) is -0.331. The summed E-state index contributed by atoms with van der Waals surface area (Å²) in [6.07, 6.45) is 1.62. The Kier molecular flexibility index (Phi) is 3.62. The van der Waals surface area contributed by atoms with Crippen LogP contribution in [0.25, 0.3) is 10.9 Å². The molecular weight excluding hydrogens is 282 g/mol. The number of urea groups is 1. The molecule has 6 nitrogen and oxygen atoms in total. The van der Waals surface area contributed by atoms with Crippen molar-refractivity contribution in [3.63, 3.8) is 0 Å². The predicted molar refractivity (Wildman–Crippen MR) is 82.3 cm³/mol. The predicted octanol–water partition coefficient (Wildman–Crippen LogP) is 1.35. The number of imide groups is 1. The van der Waals surface area contributed by atoms with Crippen molar-refractivity contribution in [3.05, 3.63) is 36.0 Å². The monoisotopic (exact) mass is 301 g/mol. The SMILES string of the molecule is CC(O)C1C(=O)N(CCc2c[nH]c3ccccc23)C(=O)N1C. The molecule has 2 N–H and O–H groups in total. The van der Waals surface area contributed by atoms with E-state index in [1.165, 1.54) is 16.7 Å². The molecule has 3 rings (SSSR count). The number of H-pyrrole nitrogens is 1. The zero-order chi connectivity index (χ0) is 15.9. The van der Waals surface area contributed by atoms with E-state index in [2.05, 4.69) is 4.98 Å². The molecular formula is C16H19N3O3. The lowest BCUT2D eigenvalue weighted by molar-refractivity contribution is -0.130. The smallest absolute Gasteiger partial charge is 0.327 e. The van der Waals surface area contributed by atoms with E-state index in [0.717, 1.165) is 16.5 Å². The molecule has 2 aromatic rings. The molecule has 1 saturated heterocycles. The van der Waals surface area contributed by atoms with E-state index in [1.807, 2.05) is 30.5 Å². The van der Waals surface area contributed by atoms with Gasteiger partial charge in [-0.1, -0.05) is 18.2 Å². The molecule has 6 heteroatoms. The zero-order valence-electron chi connectivity index (χ0n) is 12.6. The van der Waals surface area contributed by atoms with Gasteiger partial charge in [0.15, 0.2) is 0 Å². The Bertz CT molecular complexity index is 722. The van der Waals surface area contributed by atoms with E-state index >= 15 is 0 Å². The van der Waals surface area contributed by atoms with Crippen LogP contribution in [0.4, 0.5) is 4.79 Å². The van der Waals surface area contributed by atoms with Gasteiger partial charge in [0.1, 0.15) is 6.04 Å². The molecule has 116 valence electrons. The van der Waals surface area contributed by atoms with Crippen LogP contribution in [-0.4, -0.2) is 57.6 Å². The number of aromatic amines is 1. The van der Waals surface area contributed by atoms with E-state index in [-0.39, 0.29) is 11.9 Å². The number of amides is 3. The second-order valence-electron chi connectivity index (χ2n) is 5.68. The third-order valence-corrected chi connectivity index (χ3v) is 4.21. The number of likely N-dealkylation sites (N-methyl/N-ethyl adjacent to an activating group) is 1. The maximum Gasteiger partial charge on any atom is 0.327 e. The molecule has 1 aromatic carbocycles. The molecule has 0 spiro atoms. The summed E-state index contributed by atoms with van der Waals surface area (Å²) >= 11 is 0. The number of aromatic nitrogens is 1. The Morgan fingerprint density at radius 1 is 1.32 bits per heavy atom. The molecule has 22 heavy (non-hydrogen) atoms. The highest BCUT2D eigenvalue weighted by Crippen LogP contribution is 2.22. The number of para-hydroxylation sites is 1. The van der Waals surface area contributed by atoms with Crippen LogP contribution in [0.2, 0.25) is 0 Å². The number of hydrogen-bond acceptors (Lipinski definition) is 3. The van der Waals surface area contributed by atoms with E-state index in [9.17, 15) is 14.7 Å². The minimum absolute atomic E-state index is 0.313. The van der Waals surface area contributed by atoms with Crippen molar-refractivity contribution in [3.8, 4) is 0 Å². The van der Waals surface area contributed by atoms with E-state index < -0.39 is 12.1 Å². The molecule has 2 atom stereocenters. The van der Waals surface area contributed by atoms with Gasteiger partial charge in [-0.15, -0.1) is 0 Å². The van der Waals surface area contributed by atoms with Gasteiger partial charge in [-0.25, -0.2) is 4.79 Å². The Morgan fingerprint density at radius 3 is 2.73 bits per heavy atom. The highest BCUT2D eigenvalue weighted by molar-refractivity contribution is 6.04. The first-order valence-electron chi connectivity index (χ1n) is 7.32. The Labute approximate surface area is 128 Å². The van der Waals surface area contributed by atoms with Crippen LogP contribution in [0, 0.1) is 0 Å². The lowest BCUT2D eigenvalue weighted by Gasteiger charge is -2.18. The number of aliphatic hydroxyl groups is 1. The van der Waals surface area contributed by atoms with Crippen LogP contribution < -0.4 is 0 Å². The third kappa shape index (κ3) is 2.25. The number of nitrogens with zero attached hydrogens (tertiary/aromatic N) is 2. The van der Waals surface area contributed by atoms with E-state index in [4.69, 9.17) is 0 Å². The highest BCUT2D eigenvalue weighted by Gasteiger charge is 2.44. The van der Waals surface area contributed by atoms with Crippen molar-refractivity contribution in [1.82, 2.24) is 14.8 Å². The molecule has 0 aliphatic carbocycles. The second kappa shape index (κ2) is 5.46. The van der Waals surface area contributed by atoms with E-state index in [0.29, 0.717) is 13.0 Å². The summed E-state index contributed by atoms with van der Waals surface area (Å²) in [7, 11) is 1.54. The van der Waals surface area contributed by atoms with Gasteiger partial charge >= 0.3 is 6.03 Å². The number of rotatable bonds is 4. The van der Waals surface area contributed by atoms with Gasteiger partial charge in [0, 0.05) is 30.7 Å². The number of nitrogens with one attached hydrogen (secondary N) is 1. The fraction of sp³-hybridized carbons (Fsp3) is 0.375. The molecule has 1 aromatic heterocycles. The molecule has 0 bridgehead atoms. The minimum atomic E-state index is -0.875. The van der Waals surface area contributed by atoms with Gasteiger partial charge in [0.25, 0.3) is 5.91 Å². The van der Waals surface area contributed by atoms with Crippen LogP contribution in [0.5, 0.6) is 0 Å². The van der Waals surface area contributed by atoms with Crippen LogP contribution in [0.1, 0.15) is 12.5 Å². The van der Waals surface area contributed by atoms with Crippen LogP contribution >= 0.6 is 0 Å². The summed E-state index contributed by atoms with van der Waals surface area (Å²) in [5.41, 5.74) is 2.11. The van der Waals surface area contributed by atoms with Crippen molar-refractivity contribution >= 4 is 22.8 Å². The zero-order valence-corrected chi connectivity index (χ0v) is 12.6. The first-order chi connectivity index (χ1) is 10.5. The van der Waals surface area contributed by atoms with Crippen molar-refractivity contribution < 1.29 is 14.7 Å². The number of carbonyl (C=O) groups is 2. The average molecular weight is 301 g/mol. The summed E-state index contributed by atoms with van der Waals surface area (Å²) < 4.78 is 0. The van der Waals surface area contributed by atoms with E-state index in [1.54, 1.807) is 7.05 Å². The normalized spacial score (nSPS) is 20.2. The number of benzene rings is 1. The van der Waals surface area contributed by atoms with Crippen LogP contribution in [0.3, 0.4) is 0 Å². The number of aliphatic hydroxyl groups excluding tert-OH is 1. The molecule has 0 saturated carbocycles. The highest BCUT2D eigenvalue weighted by atomic mass is 16.3. The molecule has 1 fully saturated rings. The summed E-state index contributed by atoms with van der Waals surface area (Å²) in [4.78, 5) is 30.2. The van der Waals surface area contributed by atoms with Crippen molar-refractivity contribution in [1.29, 1.82) is 0 Å². The molecule has 2 heterocycles. The Balaban J connectivity index is 1.76. The summed E-state index contributed by atoms with van der Waals surface area (Å²) in [6, 6.07) is 6.79. The molecule has 0 radical (unpaired) electrons. The Hall–Kier alpha value is -2.34. The van der Waals surface area contributed by atoms with Gasteiger partial charge in [0.05, 0.1) is 6.10 Å². The van der Waals surface area contributed by atoms with Gasteiger partial charge < -0.3 is 15.0 Å². The number of fused-ring (bicyclic) bond motifs is 1. The van der Waals surface area contributed by atoms with Gasteiger partial charge in [-0.2, -0.15) is 0 Å². The lowest BCUT2D eigenvalue weighted by atomic mass is 10.1. The van der Waals surface area contributed by atoms with Gasteiger partial charge in [-0.3, -0.25) is 9.69 Å². The third-order valence-electron chi connectivity index (χ3n) is 4.21. The van der Waals surface area contributed by atoms with Crippen LogP contribution in [0.15, 0.2) is 30.5 Å². The summed E-state index contributed by atoms with van der Waals surface area (Å²) in [6.45, 7) is 1.84. The van der Waals surface area contributed by atoms with Crippen molar-refractivity contribution in [2.75, 3.05) is 13.6 Å². The van der Waals surface area contributed by atoms with Crippen molar-refractivity contribution in [2.24, 2.45) is 0 Å². The second-order valence-corrected chi connectivity index (χ2v) is 5.68. The molecule has 1 aliphatic rings. The quantitative estimate of drug-likeness (QED) is 0.837. The Morgan fingerprint density at radius 2 is 2.05 bits per heavy atom. The first-order valence-corrected chi connectivity index (χ1v) is 7.32. The maximum absolute atomic E-state index is 12.3. The molecule has 3 amide bonds. The maximum atomic E-state index is 12.3. The average Bonchev–Trinajstić information content (AvgIpc) is 2.98.